The van der Waals surface area contributed by atoms with Gasteiger partial charge in [0, 0.05) is 7.05 Å². The number of carbonyl (C=O) groups excluding carboxylic acids is 1. The van der Waals surface area contributed by atoms with E-state index in [1.807, 2.05) is 0 Å². The summed E-state index contributed by atoms with van der Waals surface area (Å²) < 4.78 is 42.5. The van der Waals surface area contributed by atoms with Crippen molar-refractivity contribution in [3.05, 3.63) is 46.1 Å². The predicted octanol–water partition coefficient (Wildman–Crippen LogP) is 5.17. The van der Waals surface area contributed by atoms with E-state index in [1.54, 1.807) is 56.1 Å². The Hall–Kier alpha value is -2.84. The molecule has 11 heteroatoms. The quantitative estimate of drug-likeness (QED) is 0.526. The number of amides is 1. The Kier molecular flexibility index (Phi) is 6.43. The normalized spacial score (nSPS) is 12.5. The molecule has 162 valence electrons. The molecule has 0 saturated heterocycles. The molecule has 0 spiro atoms. The van der Waals surface area contributed by atoms with Crippen molar-refractivity contribution in [1.82, 2.24) is 14.8 Å². The van der Waals surface area contributed by atoms with Crippen LogP contribution in [0.3, 0.4) is 0 Å². The zero-order chi connectivity index (χ0) is 22.9. The summed E-state index contributed by atoms with van der Waals surface area (Å²) in [6.07, 6.45) is -4.73. The number of nitrogens with zero attached hydrogens (tertiary/aromatic N) is 4. The standard InChI is InChI=1S/C20H18F3N5OS2/c1-10-17(11(2)28(4)27-10)26-18(29)12(3)31-19-13(9-24)14(20(21,22)23)8-15(25-19)16-6-5-7-30-16/h5-8,12H,1-4H3,(H,26,29). The van der Waals surface area contributed by atoms with Crippen LogP contribution in [0.4, 0.5) is 18.9 Å². The number of hydrogen-bond acceptors (Lipinski definition) is 6. The molecule has 6 nitrogen and oxygen atoms in total. The van der Waals surface area contributed by atoms with Crippen LogP contribution < -0.4 is 5.32 Å². The highest BCUT2D eigenvalue weighted by molar-refractivity contribution is 8.00. The summed E-state index contributed by atoms with van der Waals surface area (Å²) in [4.78, 5) is 17.5. The van der Waals surface area contributed by atoms with Gasteiger partial charge in [0.25, 0.3) is 0 Å². The van der Waals surface area contributed by atoms with Crippen molar-refractivity contribution in [2.75, 3.05) is 5.32 Å². The van der Waals surface area contributed by atoms with Gasteiger partial charge in [0.1, 0.15) is 11.1 Å². The van der Waals surface area contributed by atoms with Crippen LogP contribution in [0.1, 0.15) is 29.4 Å². The molecule has 0 aliphatic rings. The van der Waals surface area contributed by atoms with Crippen molar-refractivity contribution < 1.29 is 18.0 Å². The average molecular weight is 466 g/mol. The predicted molar refractivity (Wildman–Crippen MR) is 114 cm³/mol. The molecule has 0 saturated carbocycles. The number of anilines is 1. The fourth-order valence-electron chi connectivity index (χ4n) is 2.89. The topological polar surface area (TPSA) is 83.6 Å². The van der Waals surface area contributed by atoms with Crippen LogP contribution in [0.2, 0.25) is 0 Å². The summed E-state index contributed by atoms with van der Waals surface area (Å²) in [6.45, 7) is 5.09. The van der Waals surface area contributed by atoms with Gasteiger partial charge in [-0.15, -0.1) is 11.3 Å². The van der Waals surface area contributed by atoms with E-state index in [-0.39, 0.29) is 10.7 Å². The van der Waals surface area contributed by atoms with Crippen molar-refractivity contribution in [2.45, 2.75) is 37.2 Å². The van der Waals surface area contributed by atoms with Crippen molar-refractivity contribution in [3.8, 4) is 16.6 Å². The smallest absolute Gasteiger partial charge is 0.322 e. The molecule has 1 amide bonds. The Morgan fingerprint density at radius 1 is 1.39 bits per heavy atom. The summed E-state index contributed by atoms with van der Waals surface area (Å²) in [5.41, 5.74) is 0.374. The van der Waals surface area contributed by atoms with Crippen LogP contribution in [-0.4, -0.2) is 25.9 Å². The van der Waals surface area contributed by atoms with Crippen LogP contribution in [0.25, 0.3) is 10.6 Å². The highest BCUT2D eigenvalue weighted by Crippen LogP contribution is 2.39. The van der Waals surface area contributed by atoms with Gasteiger partial charge in [-0.3, -0.25) is 9.48 Å². The largest absolute Gasteiger partial charge is 0.417 e. The number of halogens is 3. The second-order valence-electron chi connectivity index (χ2n) is 6.74. The lowest BCUT2D eigenvalue weighted by atomic mass is 10.1. The number of pyridine rings is 1. The van der Waals surface area contributed by atoms with Crippen molar-refractivity contribution in [3.63, 3.8) is 0 Å². The van der Waals surface area contributed by atoms with E-state index < -0.39 is 28.5 Å². The molecule has 1 atom stereocenters. The van der Waals surface area contributed by atoms with Gasteiger partial charge in [-0.25, -0.2) is 4.98 Å². The van der Waals surface area contributed by atoms with Gasteiger partial charge >= 0.3 is 6.18 Å². The number of nitriles is 1. The van der Waals surface area contributed by atoms with Gasteiger partial charge in [0.2, 0.25) is 5.91 Å². The second-order valence-corrected chi connectivity index (χ2v) is 9.02. The Morgan fingerprint density at radius 3 is 2.61 bits per heavy atom. The van der Waals surface area contributed by atoms with Gasteiger partial charge in [-0.05, 0) is 38.3 Å². The molecule has 0 aliphatic heterocycles. The molecule has 3 heterocycles. The fraction of sp³-hybridized carbons (Fsp3) is 0.300. The Bertz CT molecular complexity index is 1160. The van der Waals surface area contributed by atoms with Gasteiger partial charge in [0.05, 0.1) is 44.0 Å². The lowest BCUT2D eigenvalue weighted by Gasteiger charge is -2.16. The molecular formula is C20H18F3N5OS2. The number of nitrogens with one attached hydrogen (secondary N) is 1. The average Bonchev–Trinajstić information content (AvgIpc) is 3.31. The number of thioether (sulfide) groups is 1. The van der Waals surface area contributed by atoms with Crippen molar-refractivity contribution >= 4 is 34.7 Å². The lowest BCUT2D eigenvalue weighted by molar-refractivity contribution is -0.138. The summed E-state index contributed by atoms with van der Waals surface area (Å²) >= 11 is 2.05. The third kappa shape index (κ3) is 4.75. The highest BCUT2D eigenvalue weighted by Gasteiger charge is 2.36. The molecule has 3 aromatic heterocycles. The summed E-state index contributed by atoms with van der Waals surface area (Å²) in [5.74, 6) is -0.426. The Labute approximate surface area is 185 Å². The maximum absolute atomic E-state index is 13.6. The van der Waals surface area contributed by atoms with Crippen molar-refractivity contribution in [2.24, 2.45) is 7.05 Å². The molecule has 1 N–H and O–H groups in total. The van der Waals surface area contributed by atoms with E-state index in [0.29, 0.717) is 16.3 Å². The van der Waals surface area contributed by atoms with E-state index >= 15 is 0 Å². The number of aromatic nitrogens is 3. The molecule has 1 unspecified atom stereocenters. The van der Waals surface area contributed by atoms with Gasteiger partial charge < -0.3 is 5.32 Å². The zero-order valence-corrected chi connectivity index (χ0v) is 18.7. The van der Waals surface area contributed by atoms with Gasteiger partial charge in [-0.1, -0.05) is 17.8 Å². The minimum Gasteiger partial charge on any atom is -0.322 e. The molecule has 0 aliphatic carbocycles. The summed E-state index contributed by atoms with van der Waals surface area (Å²) in [5, 5.41) is 17.2. The first-order chi connectivity index (χ1) is 14.5. The maximum atomic E-state index is 13.6. The molecule has 0 aromatic carbocycles. The zero-order valence-electron chi connectivity index (χ0n) is 17.0. The minimum absolute atomic E-state index is 0.107. The maximum Gasteiger partial charge on any atom is 0.417 e. The summed E-state index contributed by atoms with van der Waals surface area (Å²) in [7, 11) is 1.74. The Morgan fingerprint density at radius 2 is 2.10 bits per heavy atom. The molecule has 0 fully saturated rings. The molecular weight excluding hydrogens is 447 g/mol. The number of aryl methyl sites for hydroxylation is 2. The van der Waals surface area contributed by atoms with Crippen LogP contribution in [0, 0.1) is 25.2 Å². The van der Waals surface area contributed by atoms with Crippen molar-refractivity contribution in [1.29, 1.82) is 5.26 Å². The third-order valence-electron chi connectivity index (χ3n) is 4.59. The van der Waals surface area contributed by atoms with Crippen LogP contribution in [-0.2, 0) is 18.0 Å². The number of thiophene rings is 1. The molecule has 31 heavy (non-hydrogen) atoms. The molecule has 0 radical (unpaired) electrons. The van der Waals surface area contributed by atoms with E-state index in [4.69, 9.17) is 0 Å². The van der Waals surface area contributed by atoms with Crippen LogP contribution in [0.15, 0.2) is 28.6 Å². The summed E-state index contributed by atoms with van der Waals surface area (Å²) in [6, 6.07) is 5.84. The SMILES string of the molecule is Cc1nn(C)c(C)c1NC(=O)C(C)Sc1nc(-c2cccs2)cc(C(F)(F)F)c1C#N. The fourth-order valence-corrected chi connectivity index (χ4v) is 4.50. The monoisotopic (exact) mass is 465 g/mol. The van der Waals surface area contributed by atoms with Crippen LogP contribution >= 0.6 is 23.1 Å². The minimum atomic E-state index is -4.73. The number of rotatable bonds is 5. The van der Waals surface area contributed by atoms with E-state index in [9.17, 15) is 23.2 Å². The first-order valence-corrected chi connectivity index (χ1v) is 10.8. The first kappa shape index (κ1) is 22.8. The van der Waals surface area contributed by atoms with E-state index in [0.717, 1.165) is 23.5 Å². The molecule has 0 bridgehead atoms. The Balaban J connectivity index is 1.96. The van der Waals surface area contributed by atoms with Gasteiger partial charge in [0.15, 0.2) is 0 Å². The second kappa shape index (κ2) is 8.72. The third-order valence-corrected chi connectivity index (χ3v) is 6.57. The molecule has 3 aromatic rings. The number of carbonyl (C=O) groups is 1. The van der Waals surface area contributed by atoms with Gasteiger partial charge in [-0.2, -0.15) is 23.5 Å². The highest BCUT2D eigenvalue weighted by atomic mass is 32.2. The lowest BCUT2D eigenvalue weighted by Crippen LogP contribution is -2.23. The van der Waals surface area contributed by atoms with E-state index in [2.05, 4.69) is 15.4 Å². The first-order valence-electron chi connectivity index (χ1n) is 9.06. The number of hydrogen-bond donors (Lipinski definition) is 1. The van der Waals surface area contributed by atoms with Crippen LogP contribution in [0.5, 0.6) is 0 Å². The molecule has 3 rings (SSSR count). The number of alkyl halides is 3. The van der Waals surface area contributed by atoms with E-state index in [1.165, 1.54) is 11.3 Å².